The smallest absolute Gasteiger partial charge is 0.253 e. The second kappa shape index (κ2) is 11.9. The zero-order valence-corrected chi connectivity index (χ0v) is 24.7. The Morgan fingerprint density at radius 1 is 0.902 bits per heavy atom. The van der Waals surface area contributed by atoms with E-state index in [-0.39, 0.29) is 10.8 Å². The molecular weight excluding hydrogens is 538 g/mol. The fourth-order valence-corrected chi connectivity index (χ4v) is 6.86. The van der Waals surface area contributed by atoms with Crippen molar-refractivity contribution in [3.8, 4) is 28.1 Å². The molecule has 5 rings (SSSR count). The number of amides is 1. The lowest BCUT2D eigenvalue weighted by Gasteiger charge is -2.32. The van der Waals surface area contributed by atoms with Crippen molar-refractivity contribution in [2.75, 3.05) is 53.4 Å². The van der Waals surface area contributed by atoms with E-state index in [4.69, 9.17) is 4.74 Å². The Morgan fingerprint density at radius 3 is 2.32 bits per heavy atom. The summed E-state index contributed by atoms with van der Waals surface area (Å²) in [6, 6.07) is 18.5. The van der Waals surface area contributed by atoms with E-state index in [1.54, 1.807) is 12.1 Å². The molecule has 9 nitrogen and oxygen atoms in total. The van der Waals surface area contributed by atoms with Gasteiger partial charge in [-0.1, -0.05) is 38.1 Å². The molecule has 1 fully saturated rings. The first kappa shape index (κ1) is 28.7. The molecule has 0 radical (unpaired) electrons. The van der Waals surface area contributed by atoms with E-state index in [2.05, 4.69) is 21.9 Å². The fraction of sp³-hybridized carbons (Fsp3) is 0.323. The number of carbonyl (C=O) groups excluding carboxylic acids is 1. The first-order valence-electron chi connectivity index (χ1n) is 13.8. The Morgan fingerprint density at radius 2 is 1.61 bits per heavy atom. The molecule has 3 aromatic carbocycles. The number of nitrogens with zero attached hydrogens (tertiary/aromatic N) is 5. The summed E-state index contributed by atoms with van der Waals surface area (Å²) in [5.41, 5.74) is 4.43. The summed E-state index contributed by atoms with van der Waals surface area (Å²) < 4.78 is 33.7. The molecule has 0 bridgehead atoms. The largest absolute Gasteiger partial charge is 0.495 e. The van der Waals surface area contributed by atoms with Gasteiger partial charge in [0.05, 0.1) is 18.3 Å². The molecule has 1 aliphatic rings. The van der Waals surface area contributed by atoms with Crippen molar-refractivity contribution in [3.63, 3.8) is 0 Å². The number of piperazine rings is 1. The van der Waals surface area contributed by atoms with Gasteiger partial charge in [-0.2, -0.15) is 4.31 Å². The van der Waals surface area contributed by atoms with Crippen LogP contribution >= 0.6 is 0 Å². The Balaban J connectivity index is 1.55. The average Bonchev–Trinajstić information content (AvgIpc) is 3.00. The maximum atomic E-state index is 13.4. The number of sulfonamides is 1. The van der Waals surface area contributed by atoms with E-state index in [1.165, 1.54) is 17.7 Å². The zero-order valence-electron chi connectivity index (χ0n) is 23.9. The summed E-state index contributed by atoms with van der Waals surface area (Å²) in [6.07, 6.45) is 1.52. The molecule has 0 atom stereocenters. The predicted octanol–water partition coefficient (Wildman–Crippen LogP) is 4.39. The topological polar surface area (TPSA) is 95.9 Å². The Kier molecular flexibility index (Phi) is 8.35. The number of aromatic nitrogens is 2. The van der Waals surface area contributed by atoms with Gasteiger partial charge in [-0.25, -0.2) is 18.4 Å². The van der Waals surface area contributed by atoms with Gasteiger partial charge in [0, 0.05) is 55.8 Å². The highest BCUT2D eigenvalue weighted by Crippen LogP contribution is 2.34. The molecule has 1 saturated heterocycles. The minimum absolute atomic E-state index is 0.0131. The third-order valence-electron chi connectivity index (χ3n) is 7.63. The molecular formula is C31H35N5O4S. The standard InChI is InChI=1S/C31H35N5O4S/c1-5-36(6-2)41(38,39)29-20-23(11-13-28(29)40-4)22-10-12-27-26(19-22)30(33-21-32-27)24-8-7-9-25(18-24)31(37)35-16-14-34(3)15-17-35/h7-13,18-21H,5-6,14-17H2,1-4H3. The number of ether oxygens (including phenoxy) is 1. The number of fused-ring (bicyclic) bond motifs is 1. The van der Waals surface area contributed by atoms with Crippen molar-refractivity contribution >= 4 is 26.8 Å². The van der Waals surface area contributed by atoms with Gasteiger partial charge >= 0.3 is 0 Å². The van der Waals surface area contributed by atoms with E-state index in [0.717, 1.165) is 40.7 Å². The number of likely N-dealkylation sites (N-methyl/N-ethyl adjacent to an activating group) is 1. The summed E-state index contributed by atoms with van der Waals surface area (Å²) >= 11 is 0. The van der Waals surface area contributed by atoms with Gasteiger partial charge in [-0.05, 0) is 54.6 Å². The van der Waals surface area contributed by atoms with Crippen LogP contribution in [0.5, 0.6) is 5.75 Å². The van der Waals surface area contributed by atoms with Crippen LogP contribution in [0.1, 0.15) is 24.2 Å². The molecule has 1 amide bonds. The van der Waals surface area contributed by atoms with Crippen LogP contribution in [0.15, 0.2) is 71.9 Å². The van der Waals surface area contributed by atoms with Crippen LogP contribution in [0.4, 0.5) is 0 Å². The van der Waals surface area contributed by atoms with Gasteiger partial charge in [-0.3, -0.25) is 4.79 Å². The van der Waals surface area contributed by atoms with Crippen molar-refractivity contribution in [1.82, 2.24) is 24.1 Å². The molecule has 0 unspecified atom stereocenters. The highest BCUT2D eigenvalue weighted by molar-refractivity contribution is 7.89. The van der Waals surface area contributed by atoms with Crippen molar-refractivity contribution in [3.05, 3.63) is 72.6 Å². The lowest BCUT2D eigenvalue weighted by molar-refractivity contribution is 0.0664. The molecule has 1 aliphatic heterocycles. The minimum Gasteiger partial charge on any atom is -0.495 e. The molecule has 0 N–H and O–H groups in total. The normalized spacial score (nSPS) is 14.5. The number of hydrogen-bond acceptors (Lipinski definition) is 7. The van der Waals surface area contributed by atoms with Gasteiger partial charge in [0.15, 0.2) is 0 Å². The molecule has 41 heavy (non-hydrogen) atoms. The van der Waals surface area contributed by atoms with E-state index < -0.39 is 10.0 Å². The van der Waals surface area contributed by atoms with Crippen LogP contribution in [0, 0.1) is 0 Å². The second-order valence-electron chi connectivity index (χ2n) is 10.1. The highest BCUT2D eigenvalue weighted by Gasteiger charge is 2.26. The summed E-state index contributed by atoms with van der Waals surface area (Å²) in [6.45, 7) is 7.47. The lowest BCUT2D eigenvalue weighted by Crippen LogP contribution is -2.47. The lowest BCUT2D eigenvalue weighted by atomic mass is 9.99. The van der Waals surface area contributed by atoms with Crippen LogP contribution < -0.4 is 4.74 Å². The minimum atomic E-state index is -3.75. The predicted molar refractivity (Wildman–Crippen MR) is 160 cm³/mol. The Hall–Kier alpha value is -3.86. The maximum absolute atomic E-state index is 13.4. The van der Waals surface area contributed by atoms with Crippen LogP contribution in [-0.2, 0) is 10.0 Å². The highest BCUT2D eigenvalue weighted by atomic mass is 32.2. The van der Waals surface area contributed by atoms with Crippen molar-refractivity contribution in [2.45, 2.75) is 18.7 Å². The third-order valence-corrected chi connectivity index (χ3v) is 9.70. The summed E-state index contributed by atoms with van der Waals surface area (Å²) in [7, 11) is -0.215. The third kappa shape index (κ3) is 5.68. The molecule has 4 aromatic rings. The monoisotopic (exact) mass is 573 g/mol. The van der Waals surface area contributed by atoms with Crippen LogP contribution in [0.3, 0.4) is 0 Å². The quantitative estimate of drug-likeness (QED) is 0.309. The van der Waals surface area contributed by atoms with E-state index >= 15 is 0 Å². The SMILES string of the molecule is CCN(CC)S(=O)(=O)c1cc(-c2ccc3ncnc(-c4cccc(C(=O)N5CCN(C)CC5)c4)c3c2)ccc1OC. The van der Waals surface area contributed by atoms with Crippen molar-refractivity contribution in [2.24, 2.45) is 0 Å². The molecule has 10 heteroatoms. The van der Waals surface area contributed by atoms with Gasteiger partial charge in [0.2, 0.25) is 10.0 Å². The van der Waals surface area contributed by atoms with Gasteiger partial charge in [0.25, 0.3) is 5.91 Å². The van der Waals surface area contributed by atoms with Gasteiger partial charge in [0.1, 0.15) is 17.0 Å². The van der Waals surface area contributed by atoms with Crippen molar-refractivity contribution < 1.29 is 17.9 Å². The van der Waals surface area contributed by atoms with E-state index in [9.17, 15) is 13.2 Å². The maximum Gasteiger partial charge on any atom is 0.253 e. The first-order valence-corrected chi connectivity index (χ1v) is 15.2. The summed E-state index contributed by atoms with van der Waals surface area (Å²) in [4.78, 5) is 26.6. The summed E-state index contributed by atoms with van der Waals surface area (Å²) in [5.74, 6) is 0.312. The molecule has 0 spiro atoms. The summed E-state index contributed by atoms with van der Waals surface area (Å²) in [5, 5.41) is 0.804. The number of hydrogen-bond donors (Lipinski definition) is 0. The molecule has 0 aliphatic carbocycles. The molecule has 214 valence electrons. The van der Waals surface area contributed by atoms with Gasteiger partial charge < -0.3 is 14.5 Å². The number of rotatable bonds is 8. The molecule has 2 heterocycles. The Bertz CT molecular complexity index is 1680. The van der Waals surface area contributed by atoms with Gasteiger partial charge in [-0.15, -0.1) is 0 Å². The first-order chi connectivity index (χ1) is 19.8. The number of benzene rings is 3. The van der Waals surface area contributed by atoms with Crippen LogP contribution in [0.25, 0.3) is 33.3 Å². The molecule has 1 aromatic heterocycles. The Labute approximate surface area is 241 Å². The van der Waals surface area contributed by atoms with Crippen LogP contribution in [-0.4, -0.2) is 91.8 Å². The zero-order chi connectivity index (χ0) is 29.1. The van der Waals surface area contributed by atoms with E-state index in [1.807, 2.05) is 67.3 Å². The molecule has 0 saturated carbocycles. The second-order valence-corrected chi connectivity index (χ2v) is 12.0. The van der Waals surface area contributed by atoms with Crippen LogP contribution in [0.2, 0.25) is 0 Å². The fourth-order valence-electron chi connectivity index (χ4n) is 5.22. The number of methoxy groups -OCH3 is 1. The number of carbonyl (C=O) groups is 1. The van der Waals surface area contributed by atoms with E-state index in [0.29, 0.717) is 43.2 Å². The average molecular weight is 574 g/mol. The van der Waals surface area contributed by atoms with Crippen molar-refractivity contribution in [1.29, 1.82) is 0 Å².